The standard InChI is InChI=1S/C22H17Cl3F7NOS/c1-10(9-35-2)33-20(34)13-4-3-11(5-15(13)22(30,31)32)18(26)8-14(21(27,28)29)12-6-16(23)19(25)17(24)7-12/h3-8,10,14H,9H2,1-2H3,(H,33,34)/b18-8-/t10-,14?/m1/s1. The summed E-state index contributed by atoms with van der Waals surface area (Å²) in [6.45, 7) is 1.59. The van der Waals surface area contributed by atoms with Gasteiger partial charge in [-0.2, -0.15) is 38.1 Å². The Bertz CT molecular complexity index is 1100. The van der Waals surface area contributed by atoms with Crippen LogP contribution in [-0.2, 0) is 6.18 Å². The fourth-order valence-electron chi connectivity index (χ4n) is 3.10. The lowest BCUT2D eigenvalue weighted by molar-refractivity contribution is -0.140. The zero-order chi connectivity index (χ0) is 26.7. The van der Waals surface area contributed by atoms with Gasteiger partial charge in [-0.15, -0.1) is 0 Å². The molecular weight excluding hydrogens is 566 g/mol. The molecule has 2 nitrogen and oxygen atoms in total. The number of nitrogens with one attached hydrogen (secondary N) is 1. The number of benzene rings is 2. The normalized spacial score (nSPS) is 14.6. The molecule has 0 aromatic heterocycles. The second-order valence-electron chi connectivity index (χ2n) is 7.42. The molecule has 0 heterocycles. The molecule has 0 saturated heterocycles. The van der Waals surface area contributed by atoms with Crippen molar-refractivity contribution < 1.29 is 35.5 Å². The Balaban J connectivity index is 2.55. The van der Waals surface area contributed by atoms with Crippen molar-refractivity contribution in [3.63, 3.8) is 0 Å². The number of carbonyl (C=O) groups is 1. The number of allylic oxidation sites excluding steroid dienone is 1. The molecule has 1 unspecified atom stereocenters. The van der Waals surface area contributed by atoms with Crippen molar-refractivity contribution in [3.8, 4) is 0 Å². The van der Waals surface area contributed by atoms with Crippen LogP contribution < -0.4 is 5.32 Å². The highest BCUT2D eigenvalue weighted by atomic mass is 35.5. The van der Waals surface area contributed by atoms with Crippen LogP contribution in [0, 0.1) is 0 Å². The minimum absolute atomic E-state index is 0.103. The Hall–Kier alpha value is -1.62. The summed E-state index contributed by atoms with van der Waals surface area (Å²) in [4.78, 5) is 12.4. The van der Waals surface area contributed by atoms with Crippen molar-refractivity contribution in [3.05, 3.63) is 73.7 Å². The molecule has 2 aromatic rings. The maximum atomic E-state index is 14.9. The molecule has 0 aliphatic rings. The Kier molecular flexibility index (Phi) is 9.83. The second kappa shape index (κ2) is 11.6. The first-order valence-corrected chi connectivity index (χ1v) is 12.2. The molecule has 0 saturated carbocycles. The van der Waals surface area contributed by atoms with Crippen molar-refractivity contribution >= 4 is 58.3 Å². The SMILES string of the molecule is CSC[C@@H](C)NC(=O)c1ccc(/C(F)=C/C(c2cc(Cl)c(Cl)c(Cl)c2)C(F)(F)F)cc1C(F)(F)F. The van der Waals surface area contributed by atoms with E-state index >= 15 is 0 Å². The molecule has 0 spiro atoms. The van der Waals surface area contributed by atoms with Gasteiger partial charge in [-0.25, -0.2) is 4.39 Å². The van der Waals surface area contributed by atoms with Gasteiger partial charge in [0.2, 0.25) is 0 Å². The van der Waals surface area contributed by atoms with Crippen molar-refractivity contribution in [1.29, 1.82) is 0 Å². The van der Waals surface area contributed by atoms with Gasteiger partial charge in [0.15, 0.2) is 0 Å². The van der Waals surface area contributed by atoms with Crippen LogP contribution in [0.25, 0.3) is 5.83 Å². The van der Waals surface area contributed by atoms with Crippen molar-refractivity contribution in [1.82, 2.24) is 5.32 Å². The molecular formula is C22H17Cl3F7NOS. The van der Waals surface area contributed by atoms with Crippen LogP contribution in [0.4, 0.5) is 30.7 Å². The molecule has 13 heteroatoms. The van der Waals surface area contributed by atoms with Crippen LogP contribution in [0.15, 0.2) is 36.4 Å². The highest BCUT2D eigenvalue weighted by molar-refractivity contribution is 7.98. The second-order valence-corrected chi connectivity index (χ2v) is 9.52. The van der Waals surface area contributed by atoms with Gasteiger partial charge in [-0.3, -0.25) is 4.79 Å². The molecule has 0 bridgehead atoms. The fourth-order valence-corrected chi connectivity index (χ4v) is 4.29. The van der Waals surface area contributed by atoms with E-state index in [1.807, 2.05) is 0 Å². The van der Waals surface area contributed by atoms with Crippen LogP contribution in [-0.4, -0.2) is 30.1 Å². The van der Waals surface area contributed by atoms with E-state index in [-0.39, 0.29) is 27.2 Å². The summed E-state index contributed by atoms with van der Waals surface area (Å²) in [6.07, 6.45) is -8.27. The summed E-state index contributed by atoms with van der Waals surface area (Å²) in [6, 6.07) is 3.01. The van der Waals surface area contributed by atoms with E-state index in [2.05, 4.69) is 5.32 Å². The monoisotopic (exact) mass is 581 g/mol. The number of halogens is 10. The predicted octanol–water partition coefficient (Wildman–Crippen LogP) is 8.80. The zero-order valence-corrected chi connectivity index (χ0v) is 21.0. The Labute approximate surface area is 215 Å². The molecule has 0 radical (unpaired) electrons. The van der Waals surface area contributed by atoms with Gasteiger partial charge in [0.25, 0.3) is 5.91 Å². The highest BCUT2D eigenvalue weighted by Gasteiger charge is 2.41. The van der Waals surface area contributed by atoms with E-state index in [0.29, 0.717) is 11.8 Å². The number of thioether (sulfide) groups is 1. The average molecular weight is 583 g/mol. The van der Waals surface area contributed by atoms with Gasteiger partial charge < -0.3 is 5.32 Å². The first kappa shape index (κ1) is 29.6. The maximum absolute atomic E-state index is 14.9. The van der Waals surface area contributed by atoms with Crippen molar-refractivity contribution in [2.45, 2.75) is 31.2 Å². The van der Waals surface area contributed by atoms with Gasteiger partial charge in [-0.05, 0) is 49.1 Å². The molecule has 0 aliphatic carbocycles. The van der Waals surface area contributed by atoms with Crippen LogP contribution >= 0.6 is 46.6 Å². The largest absolute Gasteiger partial charge is 0.417 e. The number of alkyl halides is 6. The molecule has 0 aliphatic heterocycles. The van der Waals surface area contributed by atoms with Crippen LogP contribution in [0.2, 0.25) is 15.1 Å². The summed E-state index contributed by atoms with van der Waals surface area (Å²) >= 11 is 18.7. The summed E-state index contributed by atoms with van der Waals surface area (Å²) in [5.41, 5.74) is -3.65. The first-order chi connectivity index (χ1) is 16.1. The number of hydrogen-bond donors (Lipinski definition) is 1. The van der Waals surface area contributed by atoms with E-state index in [1.165, 1.54) is 11.8 Å². The molecule has 1 N–H and O–H groups in total. The topological polar surface area (TPSA) is 29.1 Å². The average Bonchev–Trinajstić information content (AvgIpc) is 2.73. The predicted molar refractivity (Wildman–Crippen MR) is 126 cm³/mol. The van der Waals surface area contributed by atoms with Gasteiger partial charge in [0.05, 0.1) is 26.2 Å². The molecule has 2 rings (SSSR count). The third-order valence-electron chi connectivity index (χ3n) is 4.67. The fraction of sp³-hybridized carbons (Fsp3) is 0.318. The molecule has 0 fully saturated rings. The van der Waals surface area contributed by atoms with E-state index in [0.717, 1.165) is 18.2 Å². The van der Waals surface area contributed by atoms with Gasteiger partial charge >= 0.3 is 12.4 Å². The summed E-state index contributed by atoms with van der Waals surface area (Å²) in [5.74, 6) is -4.81. The van der Waals surface area contributed by atoms with Crippen molar-refractivity contribution in [2.75, 3.05) is 12.0 Å². The molecule has 2 atom stereocenters. The molecule has 1 amide bonds. The van der Waals surface area contributed by atoms with Crippen LogP contribution in [0.5, 0.6) is 0 Å². The zero-order valence-electron chi connectivity index (χ0n) is 17.9. The van der Waals surface area contributed by atoms with Crippen LogP contribution in [0.3, 0.4) is 0 Å². The quantitative estimate of drug-likeness (QED) is 0.261. The van der Waals surface area contributed by atoms with E-state index < -0.39 is 58.3 Å². The number of hydrogen-bond acceptors (Lipinski definition) is 2. The lowest BCUT2D eigenvalue weighted by Crippen LogP contribution is -2.35. The Morgan fingerprint density at radius 3 is 2.11 bits per heavy atom. The lowest BCUT2D eigenvalue weighted by Gasteiger charge is -2.19. The highest BCUT2D eigenvalue weighted by Crippen LogP contribution is 2.42. The number of rotatable bonds is 7. The minimum Gasteiger partial charge on any atom is -0.349 e. The smallest absolute Gasteiger partial charge is 0.349 e. The summed E-state index contributed by atoms with van der Waals surface area (Å²) in [5, 5.41) is 1.55. The summed E-state index contributed by atoms with van der Waals surface area (Å²) < 4.78 is 96.9. The van der Waals surface area contributed by atoms with Gasteiger partial charge in [0.1, 0.15) is 11.7 Å². The van der Waals surface area contributed by atoms with E-state index in [9.17, 15) is 35.5 Å². The van der Waals surface area contributed by atoms with Crippen molar-refractivity contribution in [2.24, 2.45) is 0 Å². The molecule has 35 heavy (non-hydrogen) atoms. The minimum atomic E-state index is -5.08. The first-order valence-electron chi connectivity index (χ1n) is 9.66. The number of amides is 1. The Morgan fingerprint density at radius 2 is 1.63 bits per heavy atom. The third kappa shape index (κ3) is 7.68. The van der Waals surface area contributed by atoms with E-state index in [1.54, 1.807) is 13.2 Å². The maximum Gasteiger partial charge on any atom is 0.417 e. The molecule has 2 aromatic carbocycles. The van der Waals surface area contributed by atoms with Gasteiger partial charge in [0, 0.05) is 17.4 Å². The van der Waals surface area contributed by atoms with Gasteiger partial charge in [-0.1, -0.05) is 40.9 Å². The lowest BCUT2D eigenvalue weighted by atomic mass is 9.95. The summed E-state index contributed by atoms with van der Waals surface area (Å²) in [7, 11) is 0. The number of carbonyl (C=O) groups excluding carboxylic acids is 1. The van der Waals surface area contributed by atoms with E-state index in [4.69, 9.17) is 34.8 Å². The Morgan fingerprint density at radius 1 is 1.06 bits per heavy atom. The third-order valence-corrected chi connectivity index (χ3v) is 6.70. The van der Waals surface area contributed by atoms with Crippen LogP contribution in [0.1, 0.15) is 39.9 Å². The molecule has 192 valence electrons.